The fourth-order valence-electron chi connectivity index (χ4n) is 2.98. The van der Waals surface area contributed by atoms with E-state index < -0.39 is 22.3 Å². The van der Waals surface area contributed by atoms with Gasteiger partial charge in [0, 0.05) is 6.42 Å². The van der Waals surface area contributed by atoms with Gasteiger partial charge < -0.3 is 9.47 Å². The molecule has 0 radical (unpaired) electrons. The highest BCUT2D eigenvalue weighted by Crippen LogP contribution is 2.23. The molecule has 1 saturated heterocycles. The Morgan fingerprint density at radius 2 is 1.82 bits per heavy atom. The summed E-state index contributed by atoms with van der Waals surface area (Å²) < 4.78 is 41.9. The first kappa shape index (κ1) is 20.5. The molecule has 28 heavy (non-hydrogen) atoms. The van der Waals surface area contributed by atoms with Gasteiger partial charge in [-0.15, -0.1) is 0 Å². The van der Waals surface area contributed by atoms with Crippen molar-refractivity contribution in [2.45, 2.75) is 49.9 Å². The molecule has 0 spiro atoms. The summed E-state index contributed by atoms with van der Waals surface area (Å²) in [5.74, 6) is -0.347. The van der Waals surface area contributed by atoms with Crippen LogP contribution >= 0.6 is 0 Å². The van der Waals surface area contributed by atoms with Gasteiger partial charge in [-0.2, -0.15) is 8.42 Å². The Labute approximate surface area is 165 Å². The van der Waals surface area contributed by atoms with E-state index in [2.05, 4.69) is 0 Å². The number of ether oxygens (including phenoxy) is 2. The lowest BCUT2D eigenvalue weighted by Gasteiger charge is -2.29. The Hall–Kier alpha value is -2.22. The molecule has 1 aliphatic heterocycles. The van der Waals surface area contributed by atoms with Crippen LogP contribution in [0.5, 0.6) is 0 Å². The quantitative estimate of drug-likeness (QED) is 0.496. The fourth-order valence-corrected chi connectivity index (χ4v) is 4.07. The number of rotatable bonds is 8. The zero-order chi connectivity index (χ0) is 20.0. The molecule has 2 aromatic carbocycles. The number of carbonyl (C=O) groups is 1. The third kappa shape index (κ3) is 5.64. The zero-order valence-corrected chi connectivity index (χ0v) is 16.6. The van der Waals surface area contributed by atoms with Gasteiger partial charge in [0.1, 0.15) is 12.2 Å². The molecule has 6 nitrogen and oxygen atoms in total. The van der Waals surface area contributed by atoms with Crippen LogP contribution in [0.15, 0.2) is 59.5 Å². The zero-order valence-electron chi connectivity index (χ0n) is 15.7. The number of hydrogen-bond acceptors (Lipinski definition) is 6. The molecule has 0 unspecified atom stereocenters. The molecule has 150 valence electrons. The molecule has 3 rings (SSSR count). The van der Waals surface area contributed by atoms with Crippen LogP contribution in [-0.2, 0) is 35.2 Å². The Morgan fingerprint density at radius 1 is 1.11 bits per heavy atom. The summed E-state index contributed by atoms with van der Waals surface area (Å²) in [7, 11) is -4.01. The van der Waals surface area contributed by atoms with E-state index in [1.807, 2.05) is 37.3 Å². The number of carbonyl (C=O) groups excluding carboxylic acids is 1. The van der Waals surface area contributed by atoms with Crippen molar-refractivity contribution in [3.8, 4) is 0 Å². The lowest BCUT2D eigenvalue weighted by atomic mass is 10.0. The summed E-state index contributed by atoms with van der Waals surface area (Å²) in [6, 6.07) is 16.0. The average molecular weight is 404 g/mol. The first-order valence-electron chi connectivity index (χ1n) is 9.25. The SMILES string of the molecule is Cc1ccc(S(=O)(=O)O[C@H](COCc2ccccc2)[C@@H]2CCCC(=O)O2)cc1. The van der Waals surface area contributed by atoms with Crippen molar-refractivity contribution >= 4 is 16.1 Å². The van der Waals surface area contributed by atoms with Crippen LogP contribution in [0, 0.1) is 6.92 Å². The van der Waals surface area contributed by atoms with Crippen molar-refractivity contribution in [3.63, 3.8) is 0 Å². The second kappa shape index (κ2) is 9.32. The Balaban J connectivity index is 1.71. The number of esters is 1. The fraction of sp³-hybridized carbons (Fsp3) is 0.381. The number of cyclic esters (lactones) is 1. The topological polar surface area (TPSA) is 78.9 Å². The predicted octanol–water partition coefficient (Wildman–Crippen LogP) is 3.38. The summed E-state index contributed by atoms with van der Waals surface area (Å²) in [6.07, 6.45) is -0.0588. The number of hydrogen-bond donors (Lipinski definition) is 0. The summed E-state index contributed by atoms with van der Waals surface area (Å²) in [5, 5.41) is 0. The van der Waals surface area contributed by atoms with Gasteiger partial charge in [-0.05, 0) is 37.5 Å². The van der Waals surface area contributed by atoms with Crippen molar-refractivity contribution in [1.29, 1.82) is 0 Å². The number of aryl methyl sites for hydroxylation is 1. The summed E-state index contributed by atoms with van der Waals surface area (Å²) in [4.78, 5) is 11.7. The lowest BCUT2D eigenvalue weighted by molar-refractivity contribution is -0.162. The van der Waals surface area contributed by atoms with Crippen LogP contribution in [0.3, 0.4) is 0 Å². The average Bonchev–Trinajstić information content (AvgIpc) is 2.68. The van der Waals surface area contributed by atoms with E-state index in [0.29, 0.717) is 25.9 Å². The predicted molar refractivity (Wildman–Crippen MR) is 103 cm³/mol. The maximum atomic E-state index is 12.7. The maximum Gasteiger partial charge on any atom is 0.306 e. The minimum absolute atomic E-state index is 0.00205. The molecule has 7 heteroatoms. The van der Waals surface area contributed by atoms with Crippen molar-refractivity contribution in [1.82, 2.24) is 0 Å². The number of benzene rings is 2. The van der Waals surface area contributed by atoms with Gasteiger partial charge in [0.15, 0.2) is 0 Å². The molecule has 0 bridgehead atoms. The largest absolute Gasteiger partial charge is 0.459 e. The van der Waals surface area contributed by atoms with Crippen LogP contribution in [0.1, 0.15) is 30.4 Å². The van der Waals surface area contributed by atoms with Crippen molar-refractivity contribution in [2.24, 2.45) is 0 Å². The standard InChI is InChI=1S/C21H24O6S/c1-16-10-12-18(13-11-16)28(23,24)27-20(19-8-5-9-21(22)26-19)15-25-14-17-6-3-2-4-7-17/h2-4,6-7,10-13,19-20H,5,8-9,14-15H2,1H3/t19-,20+/m0/s1. The molecule has 1 aliphatic rings. The monoisotopic (exact) mass is 404 g/mol. The van der Waals surface area contributed by atoms with Crippen LogP contribution in [-0.4, -0.2) is 33.2 Å². The maximum absolute atomic E-state index is 12.7. The first-order valence-corrected chi connectivity index (χ1v) is 10.7. The molecule has 1 fully saturated rings. The molecule has 0 N–H and O–H groups in total. The minimum atomic E-state index is -4.01. The highest BCUT2D eigenvalue weighted by Gasteiger charge is 2.34. The second-order valence-corrected chi connectivity index (χ2v) is 8.40. The summed E-state index contributed by atoms with van der Waals surface area (Å²) >= 11 is 0. The van der Waals surface area contributed by atoms with Gasteiger partial charge in [-0.3, -0.25) is 8.98 Å². The van der Waals surface area contributed by atoms with Crippen molar-refractivity contribution < 1.29 is 26.9 Å². The van der Waals surface area contributed by atoms with Gasteiger partial charge in [0.2, 0.25) is 0 Å². The molecule has 0 amide bonds. The second-order valence-electron chi connectivity index (χ2n) is 6.82. The molecule has 2 aromatic rings. The molecule has 0 saturated carbocycles. The van der Waals surface area contributed by atoms with E-state index in [4.69, 9.17) is 13.7 Å². The lowest BCUT2D eigenvalue weighted by Crippen LogP contribution is -2.40. The van der Waals surface area contributed by atoms with Gasteiger partial charge in [0.25, 0.3) is 10.1 Å². The van der Waals surface area contributed by atoms with Crippen LogP contribution in [0.2, 0.25) is 0 Å². The highest BCUT2D eigenvalue weighted by atomic mass is 32.2. The minimum Gasteiger partial charge on any atom is -0.459 e. The van der Waals surface area contributed by atoms with E-state index in [1.165, 1.54) is 12.1 Å². The van der Waals surface area contributed by atoms with Crippen molar-refractivity contribution in [3.05, 3.63) is 65.7 Å². The Bertz CT molecular complexity index is 877. The van der Waals surface area contributed by atoms with E-state index in [-0.39, 0.29) is 17.5 Å². The van der Waals surface area contributed by atoms with Gasteiger partial charge in [-0.1, -0.05) is 48.0 Å². The van der Waals surface area contributed by atoms with Crippen molar-refractivity contribution in [2.75, 3.05) is 6.61 Å². The molecular formula is C21H24O6S. The van der Waals surface area contributed by atoms with Crippen LogP contribution in [0.4, 0.5) is 0 Å². The molecule has 2 atom stereocenters. The van der Waals surface area contributed by atoms with Gasteiger partial charge in [-0.25, -0.2) is 0 Å². The third-order valence-electron chi connectivity index (χ3n) is 4.52. The van der Waals surface area contributed by atoms with E-state index in [1.54, 1.807) is 12.1 Å². The highest BCUT2D eigenvalue weighted by molar-refractivity contribution is 7.86. The molecular weight excluding hydrogens is 380 g/mol. The molecule has 1 heterocycles. The summed E-state index contributed by atoms with van der Waals surface area (Å²) in [6.45, 7) is 2.18. The Kier molecular flexibility index (Phi) is 6.83. The normalized spacial score (nSPS) is 18.5. The van der Waals surface area contributed by atoms with Crippen LogP contribution < -0.4 is 0 Å². The van der Waals surface area contributed by atoms with Crippen LogP contribution in [0.25, 0.3) is 0 Å². The van der Waals surface area contributed by atoms with E-state index in [9.17, 15) is 13.2 Å². The third-order valence-corrected chi connectivity index (χ3v) is 5.87. The molecule has 0 aliphatic carbocycles. The summed E-state index contributed by atoms with van der Waals surface area (Å²) in [5.41, 5.74) is 1.91. The smallest absolute Gasteiger partial charge is 0.306 e. The van der Waals surface area contributed by atoms with E-state index >= 15 is 0 Å². The van der Waals surface area contributed by atoms with Gasteiger partial charge in [0.05, 0.1) is 18.1 Å². The first-order chi connectivity index (χ1) is 13.4. The Morgan fingerprint density at radius 3 is 2.50 bits per heavy atom. The van der Waals surface area contributed by atoms with E-state index in [0.717, 1.165) is 11.1 Å². The molecule has 0 aromatic heterocycles. The van der Waals surface area contributed by atoms with Gasteiger partial charge >= 0.3 is 5.97 Å².